The maximum Gasteiger partial charge on any atom is 0.270 e. The van der Waals surface area contributed by atoms with E-state index in [9.17, 15) is 19.7 Å². The van der Waals surface area contributed by atoms with Crippen molar-refractivity contribution in [1.29, 1.82) is 0 Å². The number of nitro benzene ring substituents is 1. The van der Waals surface area contributed by atoms with Gasteiger partial charge in [-0.3, -0.25) is 19.7 Å². The highest BCUT2D eigenvalue weighted by molar-refractivity contribution is 9.11. The molecule has 0 fully saturated rings. The molecule has 0 N–H and O–H groups in total. The van der Waals surface area contributed by atoms with Crippen LogP contribution < -0.4 is 4.90 Å². The van der Waals surface area contributed by atoms with Gasteiger partial charge in [-0.2, -0.15) is 0 Å². The van der Waals surface area contributed by atoms with Crippen LogP contribution in [0.3, 0.4) is 0 Å². The van der Waals surface area contributed by atoms with Gasteiger partial charge in [0.05, 0.1) is 21.7 Å². The van der Waals surface area contributed by atoms with Crippen molar-refractivity contribution in [2.45, 2.75) is 0 Å². The molecule has 0 saturated heterocycles. The first-order chi connectivity index (χ1) is 10.4. The zero-order valence-electron chi connectivity index (χ0n) is 10.7. The molecule has 0 bridgehead atoms. The van der Waals surface area contributed by atoms with E-state index in [2.05, 4.69) is 31.9 Å². The SMILES string of the molecule is O=C1c2ccc([N+](=O)[O-])cc2C(=O)N1c1ccc(Br)cc1Br. The van der Waals surface area contributed by atoms with Crippen molar-refractivity contribution < 1.29 is 14.5 Å². The van der Waals surface area contributed by atoms with Gasteiger partial charge in [0.2, 0.25) is 0 Å². The number of carbonyl (C=O) groups excluding carboxylic acids is 2. The molecule has 6 nitrogen and oxygen atoms in total. The van der Waals surface area contributed by atoms with E-state index in [1.807, 2.05) is 0 Å². The van der Waals surface area contributed by atoms with Crippen LogP contribution in [0.5, 0.6) is 0 Å². The van der Waals surface area contributed by atoms with E-state index in [4.69, 9.17) is 0 Å². The standard InChI is InChI=1S/C14H6Br2N2O4/c15-7-1-4-12(11(16)5-7)17-13(19)9-3-2-8(18(21)22)6-10(9)14(17)20/h1-6H. The fourth-order valence-electron chi connectivity index (χ4n) is 2.22. The molecule has 2 aromatic rings. The molecule has 1 heterocycles. The molecule has 0 aromatic heterocycles. The van der Waals surface area contributed by atoms with Crippen LogP contribution >= 0.6 is 31.9 Å². The number of non-ortho nitro benzene ring substituents is 1. The van der Waals surface area contributed by atoms with Crippen molar-refractivity contribution in [3.8, 4) is 0 Å². The second-order valence-corrected chi connectivity index (χ2v) is 6.30. The van der Waals surface area contributed by atoms with Gasteiger partial charge >= 0.3 is 0 Å². The second kappa shape index (κ2) is 5.29. The number of carbonyl (C=O) groups is 2. The molecule has 0 unspecified atom stereocenters. The Kier molecular flexibility index (Phi) is 3.57. The monoisotopic (exact) mass is 424 g/mol. The topological polar surface area (TPSA) is 80.5 Å². The average Bonchev–Trinajstić information content (AvgIpc) is 2.71. The minimum Gasteiger partial charge on any atom is -0.268 e. The van der Waals surface area contributed by atoms with Gasteiger partial charge in [-0.25, -0.2) is 4.90 Å². The lowest BCUT2D eigenvalue weighted by Crippen LogP contribution is -2.29. The van der Waals surface area contributed by atoms with Crippen molar-refractivity contribution in [2.24, 2.45) is 0 Å². The molecule has 0 aliphatic carbocycles. The van der Waals surface area contributed by atoms with Crippen LogP contribution in [-0.2, 0) is 0 Å². The first-order valence-corrected chi connectivity index (χ1v) is 7.61. The fraction of sp³-hybridized carbons (Fsp3) is 0. The summed E-state index contributed by atoms with van der Waals surface area (Å²) in [7, 11) is 0. The predicted octanol–water partition coefficient (Wildman–Crippen LogP) is 3.92. The van der Waals surface area contributed by atoms with Gasteiger partial charge in [-0.1, -0.05) is 15.9 Å². The first-order valence-electron chi connectivity index (χ1n) is 6.02. The molecular formula is C14H6Br2N2O4. The zero-order valence-corrected chi connectivity index (χ0v) is 13.9. The minimum absolute atomic E-state index is 0.0361. The summed E-state index contributed by atoms with van der Waals surface area (Å²) >= 11 is 6.61. The molecule has 3 rings (SSSR count). The molecule has 2 aromatic carbocycles. The minimum atomic E-state index is -0.601. The number of anilines is 1. The number of nitro groups is 1. The third-order valence-corrected chi connectivity index (χ3v) is 4.36. The Hall–Kier alpha value is -2.06. The first kappa shape index (κ1) is 14.9. The highest BCUT2D eigenvalue weighted by atomic mass is 79.9. The summed E-state index contributed by atoms with van der Waals surface area (Å²) in [5, 5.41) is 10.8. The van der Waals surface area contributed by atoms with Gasteiger partial charge in [0.15, 0.2) is 0 Å². The van der Waals surface area contributed by atoms with Crippen LogP contribution in [0, 0.1) is 10.1 Å². The number of hydrogen-bond acceptors (Lipinski definition) is 4. The summed E-state index contributed by atoms with van der Waals surface area (Å²) in [6.45, 7) is 0. The van der Waals surface area contributed by atoms with Crippen LogP contribution in [-0.4, -0.2) is 16.7 Å². The highest BCUT2D eigenvalue weighted by Crippen LogP contribution is 2.35. The number of hydrogen-bond donors (Lipinski definition) is 0. The van der Waals surface area contributed by atoms with Crippen LogP contribution in [0.2, 0.25) is 0 Å². The smallest absolute Gasteiger partial charge is 0.268 e. The van der Waals surface area contributed by atoms with E-state index < -0.39 is 16.7 Å². The molecule has 8 heteroatoms. The van der Waals surface area contributed by atoms with Gasteiger partial charge in [-0.05, 0) is 40.2 Å². The summed E-state index contributed by atoms with van der Waals surface area (Å²) in [5.74, 6) is -1.08. The Bertz CT molecular complexity index is 851. The summed E-state index contributed by atoms with van der Waals surface area (Å²) in [6.07, 6.45) is 0. The number of nitrogens with zero attached hydrogens (tertiary/aromatic N) is 2. The molecule has 0 atom stereocenters. The quantitative estimate of drug-likeness (QED) is 0.415. The van der Waals surface area contributed by atoms with E-state index in [0.29, 0.717) is 10.2 Å². The van der Waals surface area contributed by atoms with Crippen molar-refractivity contribution in [2.75, 3.05) is 4.90 Å². The van der Waals surface area contributed by atoms with Gasteiger partial charge in [-0.15, -0.1) is 0 Å². The van der Waals surface area contributed by atoms with Crippen LogP contribution in [0.4, 0.5) is 11.4 Å². The predicted molar refractivity (Wildman–Crippen MR) is 86.1 cm³/mol. The largest absolute Gasteiger partial charge is 0.270 e. The summed E-state index contributed by atoms with van der Waals surface area (Å²) in [4.78, 5) is 36.1. The van der Waals surface area contributed by atoms with Gasteiger partial charge in [0, 0.05) is 21.1 Å². The van der Waals surface area contributed by atoms with Crippen molar-refractivity contribution in [3.05, 3.63) is 66.6 Å². The molecular weight excluding hydrogens is 420 g/mol. The maximum atomic E-state index is 12.5. The van der Waals surface area contributed by atoms with Crippen molar-refractivity contribution in [1.82, 2.24) is 0 Å². The molecule has 0 spiro atoms. The molecule has 2 amide bonds. The fourth-order valence-corrected chi connectivity index (χ4v) is 3.45. The molecule has 0 radical (unpaired) electrons. The Morgan fingerprint density at radius 2 is 1.64 bits per heavy atom. The number of amides is 2. The number of imide groups is 1. The number of benzene rings is 2. The van der Waals surface area contributed by atoms with Crippen molar-refractivity contribution >= 4 is 55.0 Å². The van der Waals surface area contributed by atoms with Crippen LogP contribution in [0.15, 0.2) is 45.3 Å². The van der Waals surface area contributed by atoms with E-state index in [1.54, 1.807) is 18.2 Å². The Labute approximate surface area is 141 Å². The Morgan fingerprint density at radius 3 is 2.27 bits per heavy atom. The molecule has 1 aliphatic rings. The van der Waals surface area contributed by atoms with E-state index >= 15 is 0 Å². The van der Waals surface area contributed by atoms with Gasteiger partial charge in [0.25, 0.3) is 17.5 Å². The summed E-state index contributed by atoms with van der Waals surface area (Å²) in [5.41, 5.74) is 0.355. The lowest BCUT2D eigenvalue weighted by Gasteiger charge is -2.15. The van der Waals surface area contributed by atoms with Gasteiger partial charge < -0.3 is 0 Å². The molecule has 22 heavy (non-hydrogen) atoms. The normalized spacial score (nSPS) is 13.5. The van der Waals surface area contributed by atoms with Crippen LogP contribution in [0.25, 0.3) is 0 Å². The Balaban J connectivity index is 2.12. The average molecular weight is 426 g/mol. The summed E-state index contributed by atoms with van der Waals surface area (Å²) < 4.78 is 1.35. The van der Waals surface area contributed by atoms with E-state index in [-0.39, 0.29) is 16.8 Å². The lowest BCUT2D eigenvalue weighted by atomic mass is 10.1. The Morgan fingerprint density at radius 1 is 0.955 bits per heavy atom. The zero-order chi connectivity index (χ0) is 16.0. The summed E-state index contributed by atoms with van der Waals surface area (Å²) in [6, 6.07) is 8.67. The van der Waals surface area contributed by atoms with Gasteiger partial charge in [0.1, 0.15) is 0 Å². The molecule has 110 valence electrons. The molecule has 0 saturated carbocycles. The van der Waals surface area contributed by atoms with Crippen LogP contribution in [0.1, 0.15) is 20.7 Å². The molecule has 1 aliphatic heterocycles. The maximum absolute atomic E-state index is 12.5. The highest BCUT2D eigenvalue weighted by Gasteiger charge is 2.38. The van der Waals surface area contributed by atoms with E-state index in [0.717, 1.165) is 15.4 Å². The van der Waals surface area contributed by atoms with E-state index in [1.165, 1.54) is 12.1 Å². The number of rotatable bonds is 2. The second-order valence-electron chi connectivity index (χ2n) is 4.53. The van der Waals surface area contributed by atoms with Crippen molar-refractivity contribution in [3.63, 3.8) is 0 Å². The number of halogens is 2. The third-order valence-electron chi connectivity index (χ3n) is 3.23. The number of fused-ring (bicyclic) bond motifs is 1. The lowest BCUT2D eigenvalue weighted by molar-refractivity contribution is -0.384. The third kappa shape index (κ3) is 2.24.